The third kappa shape index (κ3) is 2.77. The van der Waals surface area contributed by atoms with Crippen molar-refractivity contribution < 1.29 is 4.79 Å². The van der Waals surface area contributed by atoms with Gasteiger partial charge >= 0.3 is 6.03 Å². The fourth-order valence-corrected chi connectivity index (χ4v) is 3.95. The molecule has 1 saturated heterocycles. The van der Waals surface area contributed by atoms with Gasteiger partial charge in [0.05, 0.1) is 5.69 Å². The third-order valence-electron chi connectivity index (χ3n) is 5.64. The summed E-state index contributed by atoms with van der Waals surface area (Å²) in [5, 5.41) is 3.06. The molecule has 0 unspecified atom stereocenters. The number of nitrogens with zero attached hydrogens (tertiary/aromatic N) is 2. The monoisotopic (exact) mass is 321 g/mol. The smallest absolute Gasteiger partial charge is 0.321 e. The van der Waals surface area contributed by atoms with Gasteiger partial charge in [0.1, 0.15) is 0 Å². The number of fused-ring (bicyclic) bond motifs is 1. The number of likely N-dealkylation sites (tertiary alicyclic amines) is 1. The molecule has 0 spiro atoms. The van der Waals surface area contributed by atoms with Crippen LogP contribution in [-0.2, 0) is 0 Å². The van der Waals surface area contributed by atoms with Crippen LogP contribution in [0.5, 0.6) is 0 Å². The van der Waals surface area contributed by atoms with E-state index in [1.807, 2.05) is 41.3 Å². The Bertz CT molecular complexity index is 759. The number of aryl methyl sites for hydroxylation is 1. The van der Waals surface area contributed by atoms with E-state index in [-0.39, 0.29) is 6.03 Å². The molecular formula is C20H23N3O. The maximum Gasteiger partial charge on any atom is 0.321 e. The number of carbonyl (C=O) groups is 1. The lowest BCUT2D eigenvalue weighted by molar-refractivity contribution is 0.197. The highest BCUT2D eigenvalue weighted by atomic mass is 16.2. The van der Waals surface area contributed by atoms with Crippen molar-refractivity contribution in [3.63, 3.8) is 0 Å². The maximum atomic E-state index is 12.6. The van der Waals surface area contributed by atoms with Crippen LogP contribution in [0.1, 0.15) is 18.9 Å². The molecule has 2 aliphatic rings. The summed E-state index contributed by atoms with van der Waals surface area (Å²) >= 11 is 0. The van der Waals surface area contributed by atoms with Crippen molar-refractivity contribution in [2.45, 2.75) is 20.3 Å². The number of aromatic nitrogens is 1. The number of anilines is 1. The number of rotatable bonds is 2. The molecular weight excluding hydrogens is 298 g/mol. The van der Waals surface area contributed by atoms with Crippen molar-refractivity contribution in [1.29, 1.82) is 0 Å². The summed E-state index contributed by atoms with van der Waals surface area (Å²) in [4.78, 5) is 19.0. The second-order valence-electron chi connectivity index (χ2n) is 7.10. The van der Waals surface area contributed by atoms with E-state index in [9.17, 15) is 4.79 Å². The SMILES string of the molecule is Cc1ccc(NC(=O)N2CC[C@@H]3[C@@H](C)[C@@H]3C2)cc1-c1ccccn1. The molecule has 124 valence electrons. The summed E-state index contributed by atoms with van der Waals surface area (Å²) in [6.07, 6.45) is 2.94. The Morgan fingerprint density at radius 2 is 2.12 bits per heavy atom. The Hall–Kier alpha value is -2.36. The number of pyridine rings is 1. The summed E-state index contributed by atoms with van der Waals surface area (Å²) in [5.41, 5.74) is 3.97. The van der Waals surface area contributed by atoms with Gasteiger partial charge in [0.2, 0.25) is 0 Å². The van der Waals surface area contributed by atoms with Crippen molar-refractivity contribution in [1.82, 2.24) is 9.88 Å². The molecule has 1 aromatic heterocycles. The van der Waals surface area contributed by atoms with Crippen molar-refractivity contribution in [3.05, 3.63) is 48.2 Å². The van der Waals surface area contributed by atoms with Crippen molar-refractivity contribution >= 4 is 11.7 Å². The number of amides is 2. The zero-order valence-corrected chi connectivity index (χ0v) is 14.2. The van der Waals surface area contributed by atoms with Crippen molar-refractivity contribution in [3.8, 4) is 11.3 Å². The molecule has 4 nitrogen and oxygen atoms in total. The van der Waals surface area contributed by atoms with Gasteiger partial charge < -0.3 is 10.2 Å². The van der Waals surface area contributed by atoms with Crippen LogP contribution in [0.3, 0.4) is 0 Å². The molecule has 4 rings (SSSR count). The van der Waals surface area contributed by atoms with Crippen LogP contribution in [0.4, 0.5) is 10.5 Å². The van der Waals surface area contributed by atoms with E-state index in [2.05, 4.69) is 24.1 Å². The largest absolute Gasteiger partial charge is 0.324 e. The predicted octanol–water partition coefficient (Wildman–Crippen LogP) is 4.18. The lowest BCUT2D eigenvalue weighted by Crippen LogP contribution is -2.39. The van der Waals surface area contributed by atoms with Crippen LogP contribution < -0.4 is 5.32 Å². The van der Waals surface area contributed by atoms with Gasteiger partial charge in [0.15, 0.2) is 0 Å². The van der Waals surface area contributed by atoms with Crippen LogP contribution in [0.2, 0.25) is 0 Å². The summed E-state index contributed by atoms with van der Waals surface area (Å²) in [6, 6.07) is 11.9. The molecule has 2 fully saturated rings. The van der Waals surface area contributed by atoms with Gasteiger partial charge in [-0.2, -0.15) is 0 Å². The number of nitrogens with one attached hydrogen (secondary N) is 1. The molecule has 1 aromatic carbocycles. The lowest BCUT2D eigenvalue weighted by atomic mass is 10.0. The van der Waals surface area contributed by atoms with Crippen molar-refractivity contribution in [2.24, 2.45) is 17.8 Å². The molecule has 2 aromatic rings. The fraction of sp³-hybridized carbons (Fsp3) is 0.400. The average Bonchev–Trinajstić information content (AvgIpc) is 3.27. The van der Waals surface area contributed by atoms with Crippen molar-refractivity contribution in [2.75, 3.05) is 18.4 Å². The summed E-state index contributed by atoms with van der Waals surface area (Å²) in [5.74, 6) is 2.36. The summed E-state index contributed by atoms with van der Waals surface area (Å²) in [6.45, 7) is 6.14. The van der Waals surface area contributed by atoms with Crippen LogP contribution in [0.15, 0.2) is 42.6 Å². The molecule has 2 amide bonds. The zero-order valence-electron chi connectivity index (χ0n) is 14.2. The van der Waals surface area contributed by atoms with Crippen LogP contribution in [0, 0.1) is 24.7 Å². The Morgan fingerprint density at radius 3 is 2.88 bits per heavy atom. The van der Waals surface area contributed by atoms with E-state index < -0.39 is 0 Å². The van der Waals surface area contributed by atoms with Gasteiger partial charge in [0, 0.05) is 30.5 Å². The lowest BCUT2D eigenvalue weighted by Gasteiger charge is -2.26. The van der Waals surface area contributed by atoms with Crippen LogP contribution in [0.25, 0.3) is 11.3 Å². The van der Waals surface area contributed by atoms with Crippen LogP contribution in [-0.4, -0.2) is 29.0 Å². The highest BCUT2D eigenvalue weighted by molar-refractivity contribution is 5.90. The third-order valence-corrected chi connectivity index (χ3v) is 5.64. The molecule has 1 N–H and O–H groups in total. The first kappa shape index (κ1) is 15.2. The van der Waals surface area contributed by atoms with Crippen LogP contribution >= 0.6 is 0 Å². The first-order valence-corrected chi connectivity index (χ1v) is 8.71. The number of hydrogen-bond acceptors (Lipinski definition) is 2. The van der Waals surface area contributed by atoms with E-state index in [4.69, 9.17) is 0 Å². The van der Waals surface area contributed by atoms with Gasteiger partial charge in [-0.3, -0.25) is 4.98 Å². The standard InChI is InChI=1S/C20H23N3O/c1-13-6-7-15(11-17(13)19-5-3-4-9-21-19)22-20(24)23-10-8-16-14(2)18(16)12-23/h3-7,9,11,14,16,18H,8,10,12H2,1-2H3,(H,22,24)/t14-,16-,18+/m1/s1. The Morgan fingerprint density at radius 1 is 1.25 bits per heavy atom. The van der Waals surface area contributed by atoms with E-state index in [1.165, 1.54) is 0 Å². The Kier molecular flexibility index (Phi) is 3.75. The molecule has 24 heavy (non-hydrogen) atoms. The van der Waals surface area contributed by atoms with E-state index >= 15 is 0 Å². The fourth-order valence-electron chi connectivity index (χ4n) is 3.95. The zero-order chi connectivity index (χ0) is 16.7. The average molecular weight is 321 g/mol. The molecule has 0 radical (unpaired) electrons. The number of benzene rings is 1. The number of carbonyl (C=O) groups excluding carboxylic acids is 1. The molecule has 0 bridgehead atoms. The minimum absolute atomic E-state index is 0.0170. The quantitative estimate of drug-likeness (QED) is 0.902. The Balaban J connectivity index is 1.49. The minimum Gasteiger partial charge on any atom is -0.324 e. The topological polar surface area (TPSA) is 45.2 Å². The molecule has 1 aliphatic heterocycles. The summed E-state index contributed by atoms with van der Waals surface area (Å²) < 4.78 is 0. The molecule has 4 heteroatoms. The molecule has 3 atom stereocenters. The second-order valence-corrected chi connectivity index (χ2v) is 7.10. The summed E-state index contributed by atoms with van der Waals surface area (Å²) in [7, 11) is 0. The van der Waals surface area contributed by atoms with Gasteiger partial charge in [0.25, 0.3) is 0 Å². The van der Waals surface area contributed by atoms with E-state index in [0.29, 0.717) is 5.92 Å². The van der Waals surface area contributed by atoms with Gasteiger partial charge in [-0.1, -0.05) is 19.1 Å². The number of piperidine rings is 1. The number of hydrogen-bond donors (Lipinski definition) is 1. The first-order chi connectivity index (χ1) is 11.6. The Labute approximate surface area is 142 Å². The first-order valence-electron chi connectivity index (χ1n) is 8.71. The minimum atomic E-state index is 0.0170. The highest BCUT2D eigenvalue weighted by Crippen LogP contribution is 2.51. The highest BCUT2D eigenvalue weighted by Gasteiger charge is 2.50. The predicted molar refractivity (Wildman–Crippen MR) is 95.8 cm³/mol. The second kappa shape index (κ2) is 5.93. The number of urea groups is 1. The normalized spacial score (nSPS) is 25.1. The van der Waals surface area contributed by atoms with E-state index in [1.54, 1.807) is 6.20 Å². The molecule has 1 saturated carbocycles. The van der Waals surface area contributed by atoms with Gasteiger partial charge in [-0.15, -0.1) is 0 Å². The van der Waals surface area contributed by atoms with Gasteiger partial charge in [-0.05, 0) is 60.9 Å². The van der Waals surface area contributed by atoms with E-state index in [0.717, 1.165) is 53.9 Å². The molecule has 1 aliphatic carbocycles. The molecule has 2 heterocycles. The van der Waals surface area contributed by atoms with Gasteiger partial charge in [-0.25, -0.2) is 4.79 Å². The maximum absolute atomic E-state index is 12.6.